The molecule has 1 aromatic heterocycles. The number of carbonyl (C=O) groups is 2. The maximum absolute atomic E-state index is 12.7. The minimum atomic E-state index is -0.929. The quantitative estimate of drug-likeness (QED) is 0.748. The highest BCUT2D eigenvalue weighted by Gasteiger charge is 2.41. The summed E-state index contributed by atoms with van der Waals surface area (Å²) in [4.78, 5) is 34.3. The molecule has 0 aliphatic carbocycles. The van der Waals surface area contributed by atoms with E-state index in [4.69, 9.17) is 4.74 Å². The average molecular weight is 386 g/mol. The fourth-order valence-electron chi connectivity index (χ4n) is 4.14. The van der Waals surface area contributed by atoms with Crippen molar-refractivity contribution in [1.82, 2.24) is 20.2 Å². The van der Waals surface area contributed by atoms with Gasteiger partial charge in [0, 0.05) is 38.8 Å². The Morgan fingerprint density at radius 1 is 1.32 bits per heavy atom. The first kappa shape index (κ1) is 18.7. The Hall–Kier alpha value is -2.61. The van der Waals surface area contributed by atoms with Gasteiger partial charge in [0.05, 0.1) is 16.4 Å². The van der Waals surface area contributed by atoms with Crippen molar-refractivity contribution in [2.24, 2.45) is 5.41 Å². The van der Waals surface area contributed by atoms with Crippen molar-refractivity contribution in [2.45, 2.75) is 31.6 Å². The third kappa shape index (κ3) is 3.69. The smallest absolute Gasteiger partial charge is 0.317 e. The Morgan fingerprint density at radius 3 is 2.86 bits per heavy atom. The first-order chi connectivity index (χ1) is 13.6. The van der Waals surface area contributed by atoms with Crippen LogP contribution in [0.5, 0.6) is 0 Å². The molecular weight excluding hydrogens is 360 g/mol. The molecule has 1 atom stereocenters. The van der Waals surface area contributed by atoms with Crippen molar-refractivity contribution in [1.29, 1.82) is 0 Å². The third-order valence-corrected chi connectivity index (χ3v) is 5.98. The molecule has 0 saturated carbocycles. The summed E-state index contributed by atoms with van der Waals surface area (Å²) in [7, 11) is 0. The molecule has 2 amide bonds. The Labute approximate surface area is 163 Å². The third-order valence-electron chi connectivity index (χ3n) is 5.98. The van der Waals surface area contributed by atoms with Gasteiger partial charge in [0.25, 0.3) is 0 Å². The number of urea groups is 1. The number of carbonyl (C=O) groups excluding carboxylic acids is 1. The van der Waals surface area contributed by atoms with Crippen LogP contribution >= 0.6 is 0 Å². The first-order valence-electron chi connectivity index (χ1n) is 9.86. The van der Waals surface area contributed by atoms with Crippen LogP contribution < -0.4 is 5.32 Å². The fraction of sp³-hybridized carbons (Fsp3) is 0.550. The number of carboxylic acid groups (broad SMARTS) is 1. The SMILES string of the molecule is O=C(NCC1(C(=O)O)CCOCC1)N1CCCC(c2nc3ccccc3[nH]2)C1. The van der Waals surface area contributed by atoms with Gasteiger partial charge in [-0.2, -0.15) is 0 Å². The molecule has 0 radical (unpaired) electrons. The van der Waals surface area contributed by atoms with Gasteiger partial charge in [-0.05, 0) is 37.8 Å². The van der Waals surface area contributed by atoms with Crippen LogP contribution in [0, 0.1) is 5.41 Å². The largest absolute Gasteiger partial charge is 0.481 e. The summed E-state index contributed by atoms with van der Waals surface area (Å²) in [5.41, 5.74) is 1.01. The lowest BCUT2D eigenvalue weighted by molar-refractivity contribution is -0.154. The van der Waals surface area contributed by atoms with Crippen molar-refractivity contribution in [3.8, 4) is 0 Å². The van der Waals surface area contributed by atoms with E-state index in [2.05, 4.69) is 15.3 Å². The molecule has 8 nitrogen and oxygen atoms in total. The Kier molecular flexibility index (Phi) is 5.21. The normalized spacial score (nSPS) is 22.1. The van der Waals surface area contributed by atoms with E-state index >= 15 is 0 Å². The molecule has 2 aromatic rings. The molecule has 8 heteroatoms. The van der Waals surface area contributed by atoms with Crippen molar-refractivity contribution in [3.05, 3.63) is 30.1 Å². The van der Waals surface area contributed by atoms with E-state index in [9.17, 15) is 14.7 Å². The lowest BCUT2D eigenvalue weighted by Crippen LogP contribution is -2.51. The van der Waals surface area contributed by atoms with Gasteiger partial charge >= 0.3 is 12.0 Å². The Morgan fingerprint density at radius 2 is 2.11 bits per heavy atom. The number of hydrogen-bond donors (Lipinski definition) is 3. The number of ether oxygens (including phenoxy) is 1. The number of rotatable bonds is 4. The van der Waals surface area contributed by atoms with E-state index in [0.29, 0.717) is 39.1 Å². The summed E-state index contributed by atoms with van der Waals surface area (Å²) in [5, 5.41) is 12.5. The van der Waals surface area contributed by atoms with Crippen LogP contribution in [0.3, 0.4) is 0 Å². The summed E-state index contributed by atoms with van der Waals surface area (Å²) in [6, 6.07) is 7.70. The maximum Gasteiger partial charge on any atom is 0.317 e. The van der Waals surface area contributed by atoms with Gasteiger partial charge in [-0.1, -0.05) is 12.1 Å². The summed E-state index contributed by atoms with van der Waals surface area (Å²) in [6.07, 6.45) is 2.71. The number of para-hydroxylation sites is 2. The first-order valence-corrected chi connectivity index (χ1v) is 9.86. The minimum absolute atomic E-state index is 0.135. The number of imidazole rings is 1. The molecule has 0 bridgehead atoms. The lowest BCUT2D eigenvalue weighted by atomic mass is 9.80. The number of nitrogens with one attached hydrogen (secondary N) is 2. The van der Waals surface area contributed by atoms with Crippen LogP contribution in [0.15, 0.2) is 24.3 Å². The number of fused-ring (bicyclic) bond motifs is 1. The standard InChI is InChI=1S/C20H26N4O4/c25-18(26)20(7-10-28-11-8-20)13-21-19(27)24-9-3-4-14(12-24)17-22-15-5-1-2-6-16(15)23-17/h1-2,5-6,14H,3-4,7-13H2,(H,21,27)(H,22,23)(H,25,26). The number of aromatic nitrogens is 2. The molecule has 1 aromatic carbocycles. The number of piperidine rings is 1. The highest BCUT2D eigenvalue weighted by atomic mass is 16.5. The number of nitrogens with zero attached hydrogens (tertiary/aromatic N) is 2. The fourth-order valence-corrected chi connectivity index (χ4v) is 4.14. The minimum Gasteiger partial charge on any atom is -0.481 e. The van der Waals surface area contributed by atoms with Crippen LogP contribution in [-0.4, -0.2) is 64.8 Å². The van der Waals surface area contributed by atoms with E-state index in [0.717, 1.165) is 29.7 Å². The second-order valence-corrected chi connectivity index (χ2v) is 7.78. The van der Waals surface area contributed by atoms with Gasteiger partial charge in [0.15, 0.2) is 0 Å². The highest BCUT2D eigenvalue weighted by Crippen LogP contribution is 2.31. The number of likely N-dealkylation sites (tertiary alicyclic amines) is 1. The second-order valence-electron chi connectivity index (χ2n) is 7.78. The van der Waals surface area contributed by atoms with Gasteiger partial charge in [-0.3, -0.25) is 4.79 Å². The van der Waals surface area contributed by atoms with Crippen LogP contribution in [0.2, 0.25) is 0 Å². The molecule has 4 rings (SSSR count). The molecule has 150 valence electrons. The van der Waals surface area contributed by atoms with Crippen LogP contribution in [-0.2, 0) is 9.53 Å². The summed E-state index contributed by atoms with van der Waals surface area (Å²) < 4.78 is 5.29. The molecule has 2 aliphatic rings. The molecule has 2 aliphatic heterocycles. The molecule has 28 heavy (non-hydrogen) atoms. The monoisotopic (exact) mass is 386 g/mol. The van der Waals surface area contributed by atoms with Crippen molar-refractivity contribution < 1.29 is 19.4 Å². The van der Waals surface area contributed by atoms with Gasteiger partial charge < -0.3 is 25.0 Å². The molecule has 1 unspecified atom stereocenters. The van der Waals surface area contributed by atoms with E-state index in [1.165, 1.54) is 0 Å². The molecule has 3 N–H and O–H groups in total. The molecule has 2 saturated heterocycles. The van der Waals surface area contributed by atoms with Crippen molar-refractivity contribution in [3.63, 3.8) is 0 Å². The zero-order valence-corrected chi connectivity index (χ0v) is 15.8. The van der Waals surface area contributed by atoms with Gasteiger partial charge in [-0.15, -0.1) is 0 Å². The number of amides is 2. The predicted octanol–water partition coefficient (Wildman–Crippen LogP) is 2.33. The highest BCUT2D eigenvalue weighted by molar-refractivity contribution is 5.78. The summed E-state index contributed by atoms with van der Waals surface area (Å²) in [5.74, 6) is 0.198. The predicted molar refractivity (Wildman–Crippen MR) is 103 cm³/mol. The molecular formula is C20H26N4O4. The van der Waals surface area contributed by atoms with Gasteiger partial charge in [0.1, 0.15) is 5.82 Å². The summed E-state index contributed by atoms with van der Waals surface area (Å²) in [6.45, 7) is 2.22. The van der Waals surface area contributed by atoms with Crippen molar-refractivity contribution in [2.75, 3.05) is 32.8 Å². The topological polar surface area (TPSA) is 108 Å². The number of aliphatic carboxylic acids is 1. The molecule has 2 fully saturated rings. The number of aromatic amines is 1. The van der Waals surface area contributed by atoms with Crippen LogP contribution in [0.25, 0.3) is 11.0 Å². The number of H-pyrrole nitrogens is 1. The van der Waals surface area contributed by atoms with Crippen LogP contribution in [0.4, 0.5) is 4.79 Å². The van der Waals surface area contributed by atoms with E-state index in [-0.39, 0.29) is 18.5 Å². The zero-order chi connectivity index (χ0) is 19.6. The van der Waals surface area contributed by atoms with E-state index in [1.54, 1.807) is 4.90 Å². The van der Waals surface area contributed by atoms with Gasteiger partial charge in [-0.25, -0.2) is 9.78 Å². The van der Waals surface area contributed by atoms with E-state index in [1.807, 2.05) is 24.3 Å². The van der Waals surface area contributed by atoms with Crippen molar-refractivity contribution >= 4 is 23.0 Å². The van der Waals surface area contributed by atoms with E-state index < -0.39 is 11.4 Å². The zero-order valence-electron chi connectivity index (χ0n) is 15.8. The second kappa shape index (κ2) is 7.79. The van der Waals surface area contributed by atoms with Crippen LogP contribution in [0.1, 0.15) is 37.4 Å². The summed E-state index contributed by atoms with van der Waals surface area (Å²) >= 11 is 0. The number of benzene rings is 1. The average Bonchev–Trinajstić information content (AvgIpc) is 3.17. The molecule has 3 heterocycles. The Balaban J connectivity index is 1.39. The maximum atomic E-state index is 12.7. The van der Waals surface area contributed by atoms with Gasteiger partial charge in [0.2, 0.25) is 0 Å². The number of carboxylic acids is 1. The Bertz CT molecular complexity index is 826. The molecule has 0 spiro atoms. The number of hydrogen-bond acceptors (Lipinski definition) is 4. The lowest BCUT2D eigenvalue weighted by Gasteiger charge is -2.35.